The lowest BCUT2D eigenvalue weighted by Gasteiger charge is -2.22. The highest BCUT2D eigenvalue weighted by molar-refractivity contribution is 7.10. The summed E-state index contributed by atoms with van der Waals surface area (Å²) in [6.07, 6.45) is 4.45. The molecule has 0 atom stereocenters. The van der Waals surface area contributed by atoms with Crippen LogP contribution in [0.2, 0.25) is 0 Å². The van der Waals surface area contributed by atoms with Crippen LogP contribution in [0.15, 0.2) is 66.0 Å². The molecule has 1 aliphatic rings. The van der Waals surface area contributed by atoms with Crippen molar-refractivity contribution in [2.75, 3.05) is 11.9 Å². The lowest BCUT2D eigenvalue weighted by atomic mass is 9.86. The van der Waals surface area contributed by atoms with E-state index in [-0.39, 0.29) is 11.4 Å². The number of esters is 1. The van der Waals surface area contributed by atoms with Gasteiger partial charge in [-0.1, -0.05) is 36.4 Å². The summed E-state index contributed by atoms with van der Waals surface area (Å²) in [4.78, 5) is 31.9. The molecule has 0 saturated carbocycles. The smallest absolute Gasteiger partial charge is 0.387 e. The average molecular weight is 521 g/mol. The number of nitrogens with zero attached hydrogens (tertiary/aromatic N) is 1. The fourth-order valence-electron chi connectivity index (χ4n) is 4.41. The van der Waals surface area contributed by atoms with Gasteiger partial charge in [-0.25, -0.2) is 9.78 Å². The fourth-order valence-corrected chi connectivity index (χ4v) is 5.09. The summed E-state index contributed by atoms with van der Waals surface area (Å²) in [7, 11) is 0. The molecule has 1 aliphatic carbocycles. The molecule has 0 unspecified atom stereocenters. The summed E-state index contributed by atoms with van der Waals surface area (Å²) in [6.45, 7) is -3.63. The molecule has 2 heterocycles. The zero-order valence-electron chi connectivity index (χ0n) is 19.6. The first-order valence-corrected chi connectivity index (χ1v) is 12.5. The van der Waals surface area contributed by atoms with Gasteiger partial charge in [-0.15, -0.1) is 11.3 Å². The lowest BCUT2D eigenvalue weighted by molar-refractivity contribution is -0.119. The zero-order valence-corrected chi connectivity index (χ0v) is 20.4. The van der Waals surface area contributed by atoms with Crippen LogP contribution in [-0.2, 0) is 16.0 Å². The van der Waals surface area contributed by atoms with Crippen molar-refractivity contribution < 1.29 is 27.8 Å². The first-order valence-electron chi connectivity index (χ1n) is 11.7. The number of anilines is 1. The van der Waals surface area contributed by atoms with Gasteiger partial charge in [0.15, 0.2) is 6.61 Å². The molecule has 0 saturated heterocycles. The molecule has 5 rings (SSSR count). The topological polar surface area (TPSA) is 77.5 Å². The highest BCUT2D eigenvalue weighted by atomic mass is 32.1. The van der Waals surface area contributed by atoms with Crippen LogP contribution in [0.5, 0.6) is 5.75 Å². The van der Waals surface area contributed by atoms with E-state index in [1.54, 1.807) is 17.4 Å². The number of rotatable bonds is 7. The van der Waals surface area contributed by atoms with Gasteiger partial charge < -0.3 is 14.8 Å². The Hall–Kier alpha value is -4.11. The van der Waals surface area contributed by atoms with Crippen molar-refractivity contribution >= 4 is 51.5 Å². The molecule has 6 nitrogen and oxygen atoms in total. The van der Waals surface area contributed by atoms with Crippen LogP contribution in [0, 0.1) is 0 Å². The maximum Gasteiger partial charge on any atom is 0.387 e. The zero-order chi connectivity index (χ0) is 25.8. The number of carbonyl (C=O) groups is 2. The van der Waals surface area contributed by atoms with E-state index in [4.69, 9.17) is 9.72 Å². The molecule has 188 valence electrons. The number of nitrogens with one attached hydrogen (secondary N) is 1. The summed E-state index contributed by atoms with van der Waals surface area (Å²) < 4.78 is 35.2. The van der Waals surface area contributed by atoms with Gasteiger partial charge in [0.25, 0.3) is 5.91 Å². The van der Waals surface area contributed by atoms with Crippen LogP contribution >= 0.6 is 11.3 Å². The number of allylic oxidation sites excluding steroid dienone is 1. The molecule has 0 fully saturated rings. The molecular formula is C28H22F2N2O4S. The summed E-state index contributed by atoms with van der Waals surface area (Å²) >= 11 is 1.63. The van der Waals surface area contributed by atoms with E-state index >= 15 is 0 Å². The van der Waals surface area contributed by atoms with Crippen LogP contribution in [0.4, 0.5) is 14.5 Å². The van der Waals surface area contributed by atoms with Crippen molar-refractivity contribution in [1.29, 1.82) is 0 Å². The number of benzene rings is 2. The molecule has 2 aromatic carbocycles. The second-order valence-electron chi connectivity index (χ2n) is 8.37. The van der Waals surface area contributed by atoms with Gasteiger partial charge in [0.05, 0.1) is 22.5 Å². The molecule has 0 aliphatic heterocycles. The van der Waals surface area contributed by atoms with Crippen molar-refractivity contribution in [3.8, 4) is 5.75 Å². The highest BCUT2D eigenvalue weighted by Gasteiger charge is 2.26. The molecule has 2 aromatic heterocycles. The predicted octanol–water partition coefficient (Wildman–Crippen LogP) is 6.57. The molecule has 1 amide bonds. The standard InChI is InChI=1S/C28H22F2N2O4S/c29-28(30)36-23-13-4-3-12-22(23)31-24(33)16-35-27(34)25-19-9-1-2-11-21(19)32-26-17(7-5-10-20(25)26)15-18-8-6-14-37-18/h1-4,6,8-9,11-15,28H,5,7,10,16H2,(H,31,33)/b17-15-. The maximum absolute atomic E-state index is 13.4. The Morgan fingerprint density at radius 3 is 2.68 bits per heavy atom. The minimum absolute atomic E-state index is 0.0546. The molecule has 1 N–H and O–H groups in total. The minimum atomic E-state index is -3.04. The third-order valence-corrected chi connectivity index (χ3v) is 6.76. The van der Waals surface area contributed by atoms with Gasteiger partial charge in [0.2, 0.25) is 0 Å². The van der Waals surface area contributed by atoms with Crippen molar-refractivity contribution in [3.63, 3.8) is 0 Å². The van der Waals surface area contributed by atoms with E-state index in [1.807, 2.05) is 41.8 Å². The number of carbonyl (C=O) groups excluding carboxylic acids is 2. The summed E-state index contributed by atoms with van der Waals surface area (Å²) in [5, 5.41) is 5.12. The van der Waals surface area contributed by atoms with Gasteiger partial charge in [-0.2, -0.15) is 8.78 Å². The number of pyridine rings is 1. The summed E-state index contributed by atoms with van der Waals surface area (Å²) in [5.41, 5.74) is 3.74. The van der Waals surface area contributed by atoms with Crippen LogP contribution in [0.1, 0.15) is 39.3 Å². The van der Waals surface area contributed by atoms with Crippen molar-refractivity contribution in [2.24, 2.45) is 0 Å². The Kier molecular flexibility index (Phi) is 7.23. The second-order valence-corrected chi connectivity index (χ2v) is 9.35. The normalized spacial score (nSPS) is 14.0. The number of para-hydroxylation sites is 3. The van der Waals surface area contributed by atoms with Crippen molar-refractivity contribution in [1.82, 2.24) is 4.98 Å². The number of hydrogen-bond donors (Lipinski definition) is 1. The molecule has 0 bridgehead atoms. The van der Waals surface area contributed by atoms with Gasteiger partial charge in [-0.05, 0) is 66.1 Å². The molecule has 0 radical (unpaired) electrons. The number of thiophene rings is 1. The lowest BCUT2D eigenvalue weighted by Crippen LogP contribution is -2.23. The molecule has 0 spiro atoms. The monoisotopic (exact) mass is 520 g/mol. The number of amides is 1. The Labute approximate surface area is 215 Å². The van der Waals surface area contributed by atoms with Gasteiger partial charge in [0, 0.05) is 10.3 Å². The first-order chi connectivity index (χ1) is 18.0. The number of fused-ring (bicyclic) bond motifs is 2. The Morgan fingerprint density at radius 1 is 1.05 bits per heavy atom. The third-order valence-electron chi connectivity index (χ3n) is 5.95. The quantitative estimate of drug-likeness (QED) is 0.279. The number of aromatic nitrogens is 1. The third kappa shape index (κ3) is 5.51. The van der Waals surface area contributed by atoms with E-state index < -0.39 is 25.1 Å². The van der Waals surface area contributed by atoms with Crippen molar-refractivity contribution in [2.45, 2.75) is 25.9 Å². The van der Waals surface area contributed by atoms with E-state index in [0.29, 0.717) is 22.9 Å². The fraction of sp³-hybridized carbons (Fsp3) is 0.179. The Bertz CT molecular complexity index is 1490. The highest BCUT2D eigenvalue weighted by Crippen LogP contribution is 2.37. The van der Waals surface area contributed by atoms with Crippen LogP contribution in [0.25, 0.3) is 22.6 Å². The number of hydrogen-bond acceptors (Lipinski definition) is 6. The van der Waals surface area contributed by atoms with Gasteiger partial charge in [0.1, 0.15) is 5.75 Å². The van der Waals surface area contributed by atoms with Crippen molar-refractivity contribution in [3.05, 3.63) is 87.7 Å². The number of alkyl halides is 2. The van der Waals surface area contributed by atoms with Crippen LogP contribution in [0.3, 0.4) is 0 Å². The van der Waals surface area contributed by atoms with Crippen LogP contribution in [-0.4, -0.2) is 30.1 Å². The maximum atomic E-state index is 13.4. The van der Waals surface area contributed by atoms with E-state index in [2.05, 4.69) is 16.1 Å². The molecule has 37 heavy (non-hydrogen) atoms. The largest absolute Gasteiger partial charge is 0.452 e. The van der Waals surface area contributed by atoms with Gasteiger partial charge in [-0.3, -0.25) is 4.79 Å². The SMILES string of the molecule is O=C(COC(=O)c1c2c(nc3ccccc13)/C(=C\c1cccs1)CCC2)Nc1ccccc1OC(F)F. The van der Waals surface area contributed by atoms with E-state index in [9.17, 15) is 18.4 Å². The van der Waals surface area contributed by atoms with Crippen LogP contribution < -0.4 is 10.1 Å². The minimum Gasteiger partial charge on any atom is -0.452 e. The number of halogens is 2. The van der Waals surface area contributed by atoms with Gasteiger partial charge >= 0.3 is 12.6 Å². The second kappa shape index (κ2) is 10.9. The van der Waals surface area contributed by atoms with E-state index in [0.717, 1.165) is 34.5 Å². The molecular weight excluding hydrogens is 498 g/mol. The predicted molar refractivity (Wildman–Crippen MR) is 139 cm³/mol. The Balaban J connectivity index is 1.41. The first kappa shape index (κ1) is 24.6. The molecule has 4 aromatic rings. The number of ether oxygens (including phenoxy) is 2. The molecule has 9 heteroatoms. The Morgan fingerprint density at radius 2 is 1.86 bits per heavy atom. The summed E-state index contributed by atoms with van der Waals surface area (Å²) in [6, 6.07) is 17.2. The summed E-state index contributed by atoms with van der Waals surface area (Å²) in [5.74, 6) is -1.50. The average Bonchev–Trinajstić information content (AvgIpc) is 3.40. The van der Waals surface area contributed by atoms with E-state index in [1.165, 1.54) is 18.2 Å².